The maximum Gasteiger partial charge on any atom is 0.318 e. The number of hydrogen-bond acceptors (Lipinski definition) is 2. The monoisotopic (exact) mass is 589 g/mol. The summed E-state index contributed by atoms with van der Waals surface area (Å²) in [5.41, 5.74) is 1.46. The second kappa shape index (κ2) is 31.6. The highest BCUT2D eigenvalue weighted by molar-refractivity contribution is 5.80. The highest BCUT2D eigenvalue weighted by Crippen LogP contribution is 2.29. The molecular formula is C40H76O2. The van der Waals surface area contributed by atoms with E-state index in [1.54, 1.807) is 0 Å². The number of unbranched alkanes of at least 4 members (excludes halogenated alkanes) is 30. The Morgan fingerprint density at radius 3 is 0.833 bits per heavy atom. The smallest absolute Gasteiger partial charge is 0.318 e. The Hall–Kier alpha value is -0.790. The number of rotatable bonds is 34. The molecule has 2 heteroatoms. The minimum absolute atomic E-state index is 0.0264. The van der Waals surface area contributed by atoms with Crippen LogP contribution in [-0.2, 0) is 9.53 Å². The molecule has 0 atom stereocenters. The van der Waals surface area contributed by atoms with E-state index < -0.39 is 0 Å². The molecule has 1 fully saturated rings. The van der Waals surface area contributed by atoms with E-state index in [1.165, 1.54) is 211 Å². The fourth-order valence-electron chi connectivity index (χ4n) is 6.63. The average molecular weight is 589 g/mol. The topological polar surface area (TPSA) is 26.3 Å². The van der Waals surface area contributed by atoms with Crippen LogP contribution in [0, 0.1) is 0 Å². The summed E-state index contributed by atoms with van der Waals surface area (Å²) in [5.74, 6) is 1.00. The van der Waals surface area contributed by atoms with E-state index >= 15 is 0 Å². The maximum absolute atomic E-state index is 11.4. The fourth-order valence-corrected chi connectivity index (χ4v) is 6.63. The molecular weight excluding hydrogens is 512 g/mol. The molecule has 0 amide bonds. The Bertz CT molecular complexity index is 559. The van der Waals surface area contributed by atoms with Gasteiger partial charge >= 0.3 is 5.97 Å². The van der Waals surface area contributed by atoms with Crippen LogP contribution >= 0.6 is 0 Å². The van der Waals surface area contributed by atoms with Crippen LogP contribution in [0.2, 0.25) is 0 Å². The van der Waals surface area contributed by atoms with Crippen LogP contribution in [0.5, 0.6) is 0 Å². The number of esters is 1. The van der Waals surface area contributed by atoms with Crippen molar-refractivity contribution in [1.82, 2.24) is 0 Å². The third-order valence-corrected chi connectivity index (χ3v) is 9.60. The Morgan fingerprint density at radius 1 is 0.405 bits per heavy atom. The van der Waals surface area contributed by atoms with E-state index in [0.717, 1.165) is 18.6 Å². The summed E-state index contributed by atoms with van der Waals surface area (Å²) >= 11 is 0. The average Bonchev–Trinajstić information content (AvgIpc) is 2.98. The number of carbonyl (C=O) groups is 1. The molecule has 0 saturated carbocycles. The van der Waals surface area contributed by atoms with Crippen LogP contribution in [0.1, 0.15) is 239 Å². The van der Waals surface area contributed by atoms with Crippen LogP contribution in [0.25, 0.3) is 0 Å². The lowest BCUT2D eigenvalue weighted by atomic mass is 9.96. The third kappa shape index (κ3) is 25.7. The largest absolute Gasteiger partial charge is 0.430 e. The lowest BCUT2D eigenvalue weighted by molar-refractivity contribution is -0.148. The van der Waals surface area contributed by atoms with Crippen LogP contribution in [0.4, 0.5) is 0 Å². The van der Waals surface area contributed by atoms with Gasteiger partial charge in [-0.15, -0.1) is 0 Å². The van der Waals surface area contributed by atoms with Gasteiger partial charge in [-0.2, -0.15) is 0 Å². The molecule has 1 aliphatic rings. The van der Waals surface area contributed by atoms with Crippen LogP contribution in [0.3, 0.4) is 0 Å². The summed E-state index contributed by atoms with van der Waals surface area (Å²) < 4.78 is 5.40. The molecule has 0 radical (unpaired) electrons. The second-order valence-corrected chi connectivity index (χ2v) is 13.8. The van der Waals surface area contributed by atoms with Gasteiger partial charge in [0.15, 0.2) is 0 Å². The lowest BCUT2D eigenvalue weighted by Gasteiger charge is -2.21. The molecule has 2 nitrogen and oxygen atoms in total. The van der Waals surface area contributed by atoms with Crippen molar-refractivity contribution < 1.29 is 9.53 Å². The molecule has 1 saturated heterocycles. The summed E-state index contributed by atoms with van der Waals surface area (Å²) in [6.07, 6.45) is 48.1. The van der Waals surface area contributed by atoms with Gasteiger partial charge in [0, 0.05) is 0 Å². The first-order valence-electron chi connectivity index (χ1n) is 19.7. The van der Waals surface area contributed by atoms with Gasteiger partial charge in [0.25, 0.3) is 0 Å². The minimum Gasteiger partial charge on any atom is -0.430 e. The molecule has 0 spiro atoms. The van der Waals surface area contributed by atoms with Crippen molar-refractivity contribution in [3.05, 3.63) is 11.3 Å². The summed E-state index contributed by atoms with van der Waals surface area (Å²) in [4.78, 5) is 11.4. The van der Waals surface area contributed by atoms with Gasteiger partial charge in [-0.25, -0.2) is 0 Å². The highest BCUT2D eigenvalue weighted by atomic mass is 16.6. The third-order valence-electron chi connectivity index (χ3n) is 9.60. The van der Waals surface area contributed by atoms with Gasteiger partial charge in [-0.3, -0.25) is 4.79 Å². The normalized spacial score (nSPS) is 13.0. The first-order valence-corrected chi connectivity index (χ1v) is 19.7. The number of hydrogen-bond donors (Lipinski definition) is 0. The Morgan fingerprint density at radius 2 is 0.619 bits per heavy atom. The second-order valence-electron chi connectivity index (χ2n) is 13.8. The molecule has 1 aliphatic heterocycles. The molecule has 0 aliphatic carbocycles. The minimum atomic E-state index is -0.0264. The van der Waals surface area contributed by atoms with Crippen LogP contribution in [-0.4, -0.2) is 5.97 Å². The van der Waals surface area contributed by atoms with Gasteiger partial charge in [0.1, 0.15) is 12.2 Å². The van der Waals surface area contributed by atoms with E-state index in [-0.39, 0.29) is 5.97 Å². The predicted octanol–water partition coefficient (Wildman–Crippen LogP) is 14.5. The maximum atomic E-state index is 11.4. The van der Waals surface area contributed by atoms with Gasteiger partial charge < -0.3 is 4.74 Å². The number of ether oxygens (including phenoxy) is 1. The van der Waals surface area contributed by atoms with Gasteiger partial charge in [0.05, 0.1) is 0 Å². The zero-order valence-electron chi connectivity index (χ0n) is 29.1. The molecule has 0 N–H and O–H groups in total. The molecule has 0 aromatic heterocycles. The van der Waals surface area contributed by atoms with E-state index in [0.29, 0.717) is 6.42 Å². The lowest BCUT2D eigenvalue weighted by Crippen LogP contribution is -2.19. The summed E-state index contributed by atoms with van der Waals surface area (Å²) in [5, 5.41) is 0. The Balaban J connectivity index is 1.90. The SMILES string of the molecule is CCCCCCCCCCCCCCCCCCC(CCCCCCCCCCCCCCCCCC)=C1CC(=O)O1. The Labute approximate surface area is 265 Å². The molecule has 42 heavy (non-hydrogen) atoms. The molecule has 248 valence electrons. The quantitative estimate of drug-likeness (QED) is 0.0552. The predicted molar refractivity (Wildman–Crippen MR) is 186 cm³/mol. The van der Waals surface area contributed by atoms with Gasteiger partial charge in [-0.1, -0.05) is 206 Å². The van der Waals surface area contributed by atoms with Crippen molar-refractivity contribution in [2.75, 3.05) is 0 Å². The zero-order valence-corrected chi connectivity index (χ0v) is 29.1. The summed E-state index contributed by atoms with van der Waals surface area (Å²) in [7, 11) is 0. The fraction of sp³-hybridized carbons (Fsp3) is 0.925. The van der Waals surface area contributed by atoms with Gasteiger partial charge in [-0.05, 0) is 31.3 Å². The van der Waals surface area contributed by atoms with Gasteiger partial charge in [0.2, 0.25) is 0 Å². The first-order chi connectivity index (χ1) is 20.8. The van der Waals surface area contributed by atoms with Crippen molar-refractivity contribution in [3.8, 4) is 0 Å². The van der Waals surface area contributed by atoms with Crippen molar-refractivity contribution in [2.24, 2.45) is 0 Å². The molecule has 0 aromatic carbocycles. The number of carbonyl (C=O) groups excluding carboxylic acids is 1. The van der Waals surface area contributed by atoms with E-state index in [4.69, 9.17) is 4.74 Å². The summed E-state index contributed by atoms with van der Waals surface area (Å²) in [6.45, 7) is 4.60. The highest BCUT2D eigenvalue weighted by Gasteiger charge is 2.25. The number of cyclic esters (lactones) is 1. The molecule has 0 unspecified atom stereocenters. The molecule has 1 heterocycles. The summed E-state index contributed by atoms with van der Waals surface area (Å²) in [6, 6.07) is 0. The molecule has 0 bridgehead atoms. The molecule has 1 rings (SSSR count). The van der Waals surface area contributed by atoms with Crippen molar-refractivity contribution >= 4 is 5.97 Å². The molecule has 0 aromatic rings. The van der Waals surface area contributed by atoms with E-state index in [1.807, 2.05) is 0 Å². The zero-order chi connectivity index (χ0) is 30.2. The number of allylic oxidation sites excluding steroid dienone is 1. The van der Waals surface area contributed by atoms with Crippen molar-refractivity contribution in [1.29, 1.82) is 0 Å². The van der Waals surface area contributed by atoms with E-state index in [9.17, 15) is 4.79 Å². The first kappa shape index (κ1) is 39.2. The van der Waals surface area contributed by atoms with Crippen LogP contribution in [0.15, 0.2) is 11.3 Å². The van der Waals surface area contributed by atoms with E-state index in [2.05, 4.69) is 13.8 Å². The standard InChI is InChI=1S/C40H76O2/c1-3-5-7-9-11-13-15-17-19-21-23-25-27-29-31-33-35-38(39-37-40(41)42-39)36-34-32-30-28-26-24-22-20-18-16-14-12-10-8-6-4-2/h3-37H2,1-2H3. The van der Waals surface area contributed by atoms with Crippen molar-refractivity contribution in [3.63, 3.8) is 0 Å². The Kier molecular flexibility index (Phi) is 29.5. The van der Waals surface area contributed by atoms with Crippen molar-refractivity contribution in [2.45, 2.75) is 239 Å². The van der Waals surface area contributed by atoms with Crippen LogP contribution < -0.4 is 0 Å².